The van der Waals surface area contributed by atoms with Gasteiger partial charge in [0, 0.05) is 18.6 Å². The summed E-state index contributed by atoms with van der Waals surface area (Å²) in [5.41, 5.74) is 0. The van der Waals surface area contributed by atoms with Crippen molar-refractivity contribution in [3.8, 4) is 6.07 Å². The molecule has 2 unspecified atom stereocenters. The number of hydrogen-bond donors (Lipinski definition) is 1. The average molecular weight is 251 g/mol. The van der Waals surface area contributed by atoms with E-state index in [1.54, 1.807) is 0 Å². The summed E-state index contributed by atoms with van der Waals surface area (Å²) in [4.78, 5) is 2.61. The molecular weight excluding hydrogens is 222 g/mol. The Labute approximate surface area is 113 Å². The number of piperidine rings is 1. The van der Waals surface area contributed by atoms with E-state index in [4.69, 9.17) is 5.26 Å². The molecule has 1 aliphatic rings. The zero-order valence-electron chi connectivity index (χ0n) is 12.3. The second-order valence-electron chi connectivity index (χ2n) is 5.77. The second kappa shape index (κ2) is 8.50. The molecule has 0 bridgehead atoms. The molecule has 0 saturated carbocycles. The second-order valence-corrected chi connectivity index (χ2v) is 5.77. The van der Waals surface area contributed by atoms with Crippen LogP contribution < -0.4 is 5.32 Å². The molecule has 3 nitrogen and oxygen atoms in total. The molecule has 3 heteroatoms. The van der Waals surface area contributed by atoms with Gasteiger partial charge in [-0.1, -0.05) is 19.8 Å². The quantitative estimate of drug-likeness (QED) is 0.756. The Morgan fingerprint density at radius 1 is 1.39 bits per heavy atom. The molecule has 104 valence electrons. The van der Waals surface area contributed by atoms with Crippen LogP contribution in [0, 0.1) is 11.3 Å². The smallest absolute Gasteiger partial charge is 0.0967 e. The van der Waals surface area contributed by atoms with Crippen LogP contribution in [0.4, 0.5) is 0 Å². The summed E-state index contributed by atoms with van der Waals surface area (Å²) >= 11 is 0. The van der Waals surface area contributed by atoms with Crippen LogP contribution in [0.15, 0.2) is 0 Å². The van der Waals surface area contributed by atoms with Gasteiger partial charge < -0.3 is 4.90 Å². The van der Waals surface area contributed by atoms with Gasteiger partial charge in [-0.25, -0.2) is 0 Å². The van der Waals surface area contributed by atoms with Gasteiger partial charge in [-0.15, -0.1) is 0 Å². The van der Waals surface area contributed by atoms with Crippen LogP contribution in [0.2, 0.25) is 0 Å². The van der Waals surface area contributed by atoms with Crippen LogP contribution >= 0.6 is 0 Å². The Hall–Kier alpha value is -0.590. The van der Waals surface area contributed by atoms with E-state index in [0.29, 0.717) is 6.04 Å². The molecule has 1 saturated heterocycles. The lowest BCUT2D eigenvalue weighted by Gasteiger charge is -2.36. The number of hydrogen-bond acceptors (Lipinski definition) is 3. The summed E-state index contributed by atoms with van der Waals surface area (Å²) in [6.07, 6.45) is 7.60. The highest BCUT2D eigenvalue weighted by atomic mass is 15.2. The molecule has 18 heavy (non-hydrogen) atoms. The summed E-state index contributed by atoms with van der Waals surface area (Å²) in [5, 5.41) is 12.5. The van der Waals surface area contributed by atoms with E-state index in [2.05, 4.69) is 37.1 Å². The van der Waals surface area contributed by atoms with Gasteiger partial charge in [-0.05, 0) is 46.1 Å². The average Bonchev–Trinajstić information content (AvgIpc) is 2.36. The zero-order valence-corrected chi connectivity index (χ0v) is 12.3. The molecular formula is C15H29N3. The van der Waals surface area contributed by atoms with Crippen molar-refractivity contribution in [2.75, 3.05) is 13.1 Å². The number of likely N-dealkylation sites (tertiary alicyclic amines) is 1. The lowest BCUT2D eigenvalue weighted by Crippen LogP contribution is -2.43. The third-order valence-electron chi connectivity index (χ3n) is 3.77. The maximum Gasteiger partial charge on any atom is 0.0967 e. The fourth-order valence-electron chi connectivity index (χ4n) is 2.90. The first-order valence-electron chi connectivity index (χ1n) is 7.57. The van der Waals surface area contributed by atoms with E-state index in [-0.39, 0.29) is 6.04 Å². The molecule has 0 aromatic rings. The fraction of sp³-hybridized carbons (Fsp3) is 0.933. The van der Waals surface area contributed by atoms with Gasteiger partial charge >= 0.3 is 0 Å². The van der Waals surface area contributed by atoms with Crippen molar-refractivity contribution < 1.29 is 0 Å². The molecule has 1 rings (SSSR count). The summed E-state index contributed by atoms with van der Waals surface area (Å²) in [5.74, 6) is 0. The largest absolute Gasteiger partial charge is 0.300 e. The molecule has 0 aromatic heterocycles. The van der Waals surface area contributed by atoms with Crippen molar-refractivity contribution >= 4 is 0 Å². The van der Waals surface area contributed by atoms with Crippen LogP contribution in [0.25, 0.3) is 0 Å². The third kappa shape index (κ3) is 5.37. The van der Waals surface area contributed by atoms with E-state index in [1.807, 2.05) is 0 Å². The number of nitrogens with zero attached hydrogens (tertiary/aromatic N) is 2. The van der Waals surface area contributed by atoms with Crippen molar-refractivity contribution in [3.63, 3.8) is 0 Å². The van der Waals surface area contributed by atoms with Gasteiger partial charge in [-0.2, -0.15) is 5.26 Å². The molecule has 1 fully saturated rings. The maximum atomic E-state index is 9.14. The van der Waals surface area contributed by atoms with E-state index in [0.717, 1.165) is 19.0 Å². The van der Waals surface area contributed by atoms with Crippen LogP contribution in [-0.4, -0.2) is 36.1 Å². The molecule has 2 atom stereocenters. The van der Waals surface area contributed by atoms with Gasteiger partial charge in [0.05, 0.1) is 12.1 Å². The normalized spacial score (nSPS) is 22.9. The highest BCUT2D eigenvalue weighted by Gasteiger charge is 2.22. The summed E-state index contributed by atoms with van der Waals surface area (Å²) in [7, 11) is 0. The first kappa shape index (κ1) is 15.5. The molecule has 0 amide bonds. The van der Waals surface area contributed by atoms with E-state index in [1.165, 1.54) is 38.6 Å². The van der Waals surface area contributed by atoms with Gasteiger partial charge in [-0.3, -0.25) is 5.32 Å². The van der Waals surface area contributed by atoms with Gasteiger partial charge in [0.15, 0.2) is 0 Å². The van der Waals surface area contributed by atoms with E-state index >= 15 is 0 Å². The van der Waals surface area contributed by atoms with Crippen LogP contribution in [-0.2, 0) is 0 Å². The standard InChI is InChI=1S/C15H29N3/c1-4-7-15-8-5-6-10-18(15)11-9-14(12-16)17-13(2)3/h13-15,17H,4-11H2,1-3H3. The van der Waals surface area contributed by atoms with Crippen LogP contribution in [0.1, 0.15) is 59.3 Å². The molecule has 0 radical (unpaired) electrons. The molecule has 1 heterocycles. The Morgan fingerprint density at radius 3 is 2.78 bits per heavy atom. The monoisotopic (exact) mass is 251 g/mol. The summed E-state index contributed by atoms with van der Waals surface area (Å²) in [6, 6.07) is 3.55. The zero-order chi connectivity index (χ0) is 13.4. The van der Waals surface area contributed by atoms with Gasteiger partial charge in [0.2, 0.25) is 0 Å². The number of nitrogens with one attached hydrogen (secondary N) is 1. The van der Waals surface area contributed by atoms with E-state index in [9.17, 15) is 0 Å². The topological polar surface area (TPSA) is 39.1 Å². The highest BCUT2D eigenvalue weighted by Crippen LogP contribution is 2.21. The molecule has 0 spiro atoms. The number of nitriles is 1. The maximum absolute atomic E-state index is 9.14. The first-order valence-corrected chi connectivity index (χ1v) is 7.57. The summed E-state index contributed by atoms with van der Waals surface area (Å²) in [6.45, 7) is 8.77. The Bertz CT molecular complexity index is 255. The third-order valence-corrected chi connectivity index (χ3v) is 3.77. The number of rotatable bonds is 7. The SMILES string of the molecule is CCCC1CCCCN1CCC(C#N)NC(C)C. The van der Waals surface area contributed by atoms with E-state index < -0.39 is 0 Å². The Balaban J connectivity index is 2.37. The van der Waals surface area contributed by atoms with Crippen molar-refractivity contribution in [2.45, 2.75) is 77.4 Å². The minimum Gasteiger partial charge on any atom is -0.300 e. The molecule has 0 aliphatic carbocycles. The lowest BCUT2D eigenvalue weighted by molar-refractivity contribution is 0.135. The predicted molar refractivity (Wildman–Crippen MR) is 76.4 cm³/mol. The minimum atomic E-state index is 0.00852. The van der Waals surface area contributed by atoms with Gasteiger partial charge in [0.25, 0.3) is 0 Å². The van der Waals surface area contributed by atoms with Crippen molar-refractivity contribution in [1.29, 1.82) is 5.26 Å². The minimum absolute atomic E-state index is 0.00852. The van der Waals surface area contributed by atoms with Crippen LogP contribution in [0.3, 0.4) is 0 Å². The lowest BCUT2D eigenvalue weighted by atomic mass is 9.97. The van der Waals surface area contributed by atoms with Gasteiger partial charge in [0.1, 0.15) is 0 Å². The summed E-state index contributed by atoms with van der Waals surface area (Å²) < 4.78 is 0. The first-order chi connectivity index (χ1) is 8.67. The Morgan fingerprint density at radius 2 is 2.17 bits per heavy atom. The highest BCUT2D eigenvalue weighted by molar-refractivity contribution is 4.91. The van der Waals surface area contributed by atoms with Crippen LogP contribution in [0.5, 0.6) is 0 Å². The van der Waals surface area contributed by atoms with Crippen molar-refractivity contribution in [2.24, 2.45) is 0 Å². The Kier molecular flexibility index (Phi) is 7.31. The molecule has 1 aliphatic heterocycles. The van der Waals surface area contributed by atoms with Crippen molar-refractivity contribution in [3.05, 3.63) is 0 Å². The fourth-order valence-corrected chi connectivity index (χ4v) is 2.90. The molecule has 0 aromatic carbocycles. The molecule has 1 N–H and O–H groups in total. The van der Waals surface area contributed by atoms with Crippen molar-refractivity contribution in [1.82, 2.24) is 10.2 Å². The predicted octanol–water partition coefficient (Wildman–Crippen LogP) is 2.92.